The topological polar surface area (TPSA) is 51.8 Å². The van der Waals surface area contributed by atoms with Crippen LogP contribution in [0.4, 0.5) is 5.82 Å². The third-order valence-electron chi connectivity index (χ3n) is 3.78. The smallest absolute Gasteiger partial charge is 0.140 e. The molecule has 0 radical (unpaired) electrons. The molecule has 0 bridgehead atoms. The van der Waals surface area contributed by atoms with Gasteiger partial charge in [0.25, 0.3) is 0 Å². The van der Waals surface area contributed by atoms with Crippen LogP contribution in [0.25, 0.3) is 0 Å². The molecule has 3 nitrogen and oxygen atoms in total. The van der Waals surface area contributed by atoms with E-state index in [4.69, 9.17) is 10.7 Å². The maximum Gasteiger partial charge on any atom is 0.140 e. The largest absolute Gasteiger partial charge is 0.383 e. The lowest BCUT2D eigenvalue weighted by Crippen LogP contribution is -2.09. The summed E-state index contributed by atoms with van der Waals surface area (Å²) >= 11 is 2.25. The zero-order valence-corrected chi connectivity index (χ0v) is 12.7. The van der Waals surface area contributed by atoms with Crippen molar-refractivity contribution in [2.45, 2.75) is 51.9 Å². The minimum Gasteiger partial charge on any atom is -0.383 e. The minimum atomic E-state index is 0.532. The van der Waals surface area contributed by atoms with Gasteiger partial charge in [-0.25, -0.2) is 9.97 Å². The van der Waals surface area contributed by atoms with E-state index in [1.165, 1.54) is 25.7 Å². The predicted molar refractivity (Wildman–Crippen MR) is 78.9 cm³/mol. The number of aryl methyl sites for hydroxylation is 1. The van der Waals surface area contributed by atoms with Gasteiger partial charge in [0.1, 0.15) is 11.6 Å². The van der Waals surface area contributed by atoms with E-state index in [0.717, 1.165) is 27.4 Å². The fraction of sp³-hybridized carbons (Fsp3) is 0.692. The molecule has 94 valence electrons. The summed E-state index contributed by atoms with van der Waals surface area (Å²) < 4.78 is 1.03. The van der Waals surface area contributed by atoms with Crippen molar-refractivity contribution >= 4 is 28.4 Å². The molecule has 0 saturated heterocycles. The van der Waals surface area contributed by atoms with Crippen LogP contribution >= 0.6 is 22.6 Å². The highest BCUT2D eigenvalue weighted by molar-refractivity contribution is 14.1. The van der Waals surface area contributed by atoms with Gasteiger partial charge in [0.15, 0.2) is 0 Å². The van der Waals surface area contributed by atoms with E-state index >= 15 is 0 Å². The number of hydrogen-bond donors (Lipinski definition) is 1. The van der Waals surface area contributed by atoms with Crippen molar-refractivity contribution in [2.24, 2.45) is 5.92 Å². The second-order valence-electron chi connectivity index (χ2n) is 4.87. The van der Waals surface area contributed by atoms with Crippen molar-refractivity contribution in [3.63, 3.8) is 0 Å². The monoisotopic (exact) mass is 345 g/mol. The van der Waals surface area contributed by atoms with Crippen LogP contribution in [0.5, 0.6) is 0 Å². The second kappa shape index (κ2) is 5.50. The molecular weight excluding hydrogens is 325 g/mol. The second-order valence-corrected chi connectivity index (χ2v) is 5.94. The first-order chi connectivity index (χ1) is 8.15. The first-order valence-electron chi connectivity index (χ1n) is 6.47. The number of nitrogens with zero attached hydrogens (tertiary/aromatic N) is 2. The molecule has 1 aliphatic rings. The molecule has 1 aromatic heterocycles. The molecule has 1 aromatic rings. The number of nitrogen functional groups attached to an aromatic ring is 1. The molecule has 4 heteroatoms. The summed E-state index contributed by atoms with van der Waals surface area (Å²) in [5.41, 5.74) is 7.08. The number of rotatable bonds is 3. The van der Waals surface area contributed by atoms with Gasteiger partial charge >= 0.3 is 0 Å². The number of anilines is 1. The van der Waals surface area contributed by atoms with Gasteiger partial charge in [-0.2, -0.15) is 0 Å². The van der Waals surface area contributed by atoms with Crippen LogP contribution in [-0.4, -0.2) is 9.97 Å². The van der Waals surface area contributed by atoms with Crippen molar-refractivity contribution < 1.29 is 0 Å². The Morgan fingerprint density at radius 3 is 2.65 bits per heavy atom. The molecule has 2 rings (SSSR count). The Morgan fingerprint density at radius 1 is 1.29 bits per heavy atom. The molecule has 1 saturated carbocycles. The van der Waals surface area contributed by atoms with E-state index in [0.29, 0.717) is 11.7 Å². The summed E-state index contributed by atoms with van der Waals surface area (Å²) in [5.74, 6) is 3.03. The third kappa shape index (κ3) is 2.72. The van der Waals surface area contributed by atoms with Crippen molar-refractivity contribution in [1.82, 2.24) is 9.97 Å². The van der Waals surface area contributed by atoms with E-state index in [9.17, 15) is 0 Å². The molecule has 0 aliphatic heterocycles. The Labute approximate surface area is 117 Å². The van der Waals surface area contributed by atoms with E-state index < -0.39 is 0 Å². The first kappa shape index (κ1) is 13.1. The average Bonchev–Trinajstić information content (AvgIpc) is 2.81. The van der Waals surface area contributed by atoms with Gasteiger partial charge in [0.05, 0.1) is 9.26 Å². The summed E-state index contributed by atoms with van der Waals surface area (Å²) in [6.45, 7) is 4.39. The maximum atomic E-state index is 5.97. The van der Waals surface area contributed by atoms with Crippen LogP contribution in [0.15, 0.2) is 0 Å². The van der Waals surface area contributed by atoms with Gasteiger partial charge in [-0.05, 0) is 54.2 Å². The fourth-order valence-corrected chi connectivity index (χ4v) is 3.25. The SMILES string of the molecule is CCc1nc(C2CCC(CC)C2)nc(N)c1I. The summed E-state index contributed by atoms with van der Waals surface area (Å²) in [5, 5.41) is 0. The zero-order valence-electron chi connectivity index (χ0n) is 10.5. The average molecular weight is 345 g/mol. The molecule has 1 aliphatic carbocycles. The Kier molecular flexibility index (Phi) is 4.22. The Morgan fingerprint density at radius 2 is 2.06 bits per heavy atom. The molecule has 2 atom stereocenters. The van der Waals surface area contributed by atoms with Gasteiger partial charge < -0.3 is 5.73 Å². The maximum absolute atomic E-state index is 5.97. The minimum absolute atomic E-state index is 0.532. The molecule has 0 amide bonds. The summed E-state index contributed by atoms with van der Waals surface area (Å²) in [4.78, 5) is 9.19. The Bertz CT molecular complexity index is 406. The van der Waals surface area contributed by atoms with Crippen LogP contribution in [-0.2, 0) is 6.42 Å². The van der Waals surface area contributed by atoms with Crippen molar-refractivity contribution in [3.05, 3.63) is 15.1 Å². The number of halogens is 1. The first-order valence-corrected chi connectivity index (χ1v) is 7.55. The van der Waals surface area contributed by atoms with E-state index in [1.54, 1.807) is 0 Å². The van der Waals surface area contributed by atoms with Crippen LogP contribution in [0.2, 0.25) is 0 Å². The van der Waals surface area contributed by atoms with E-state index in [-0.39, 0.29) is 0 Å². The van der Waals surface area contributed by atoms with Crippen LogP contribution in [0, 0.1) is 9.49 Å². The van der Waals surface area contributed by atoms with E-state index in [2.05, 4.69) is 41.4 Å². The third-order valence-corrected chi connectivity index (χ3v) is 4.96. The van der Waals surface area contributed by atoms with E-state index in [1.807, 2.05) is 0 Å². The number of nitrogens with two attached hydrogens (primary N) is 1. The molecule has 17 heavy (non-hydrogen) atoms. The zero-order chi connectivity index (χ0) is 12.4. The molecule has 2 N–H and O–H groups in total. The fourth-order valence-electron chi connectivity index (χ4n) is 2.63. The van der Waals surface area contributed by atoms with Gasteiger partial charge in [0.2, 0.25) is 0 Å². The standard InChI is InChI=1S/C13H20IN3/c1-3-8-5-6-9(7-8)13-16-10(4-2)11(14)12(15)17-13/h8-9H,3-7H2,1-2H3,(H2,15,16,17). The Hall–Kier alpha value is -0.390. The number of hydrogen-bond acceptors (Lipinski definition) is 3. The van der Waals surface area contributed by atoms with Gasteiger partial charge in [-0.1, -0.05) is 20.3 Å². The molecule has 1 fully saturated rings. The van der Waals surface area contributed by atoms with Crippen molar-refractivity contribution in [1.29, 1.82) is 0 Å². The molecular formula is C13H20IN3. The van der Waals surface area contributed by atoms with Crippen LogP contribution < -0.4 is 5.73 Å². The van der Waals surface area contributed by atoms with Crippen LogP contribution in [0.3, 0.4) is 0 Å². The molecule has 0 aromatic carbocycles. The highest BCUT2D eigenvalue weighted by atomic mass is 127. The van der Waals surface area contributed by atoms with Gasteiger partial charge in [0, 0.05) is 5.92 Å². The number of aromatic nitrogens is 2. The quantitative estimate of drug-likeness (QED) is 0.853. The van der Waals surface area contributed by atoms with Crippen molar-refractivity contribution in [2.75, 3.05) is 5.73 Å². The summed E-state index contributed by atoms with van der Waals surface area (Å²) in [7, 11) is 0. The highest BCUT2D eigenvalue weighted by Crippen LogP contribution is 2.38. The summed E-state index contributed by atoms with van der Waals surface area (Å²) in [6, 6.07) is 0. The normalized spacial score (nSPS) is 24.2. The Balaban J connectivity index is 2.25. The summed E-state index contributed by atoms with van der Waals surface area (Å²) in [6.07, 6.45) is 5.98. The predicted octanol–water partition coefficient (Wildman–Crippen LogP) is 3.52. The molecule has 1 heterocycles. The van der Waals surface area contributed by atoms with Crippen LogP contribution in [0.1, 0.15) is 57.0 Å². The van der Waals surface area contributed by atoms with Crippen molar-refractivity contribution in [3.8, 4) is 0 Å². The highest BCUT2D eigenvalue weighted by Gasteiger charge is 2.27. The lowest BCUT2D eigenvalue weighted by Gasteiger charge is -2.12. The van der Waals surface area contributed by atoms with Gasteiger partial charge in [-0.15, -0.1) is 0 Å². The molecule has 2 unspecified atom stereocenters. The lowest BCUT2D eigenvalue weighted by molar-refractivity contribution is 0.516. The lowest BCUT2D eigenvalue weighted by atomic mass is 10.0. The molecule has 0 spiro atoms. The van der Waals surface area contributed by atoms with Gasteiger partial charge in [-0.3, -0.25) is 0 Å².